The molecule has 0 fully saturated rings. The van der Waals surface area contributed by atoms with Crippen LogP contribution in [0.1, 0.15) is 59.8 Å². The Morgan fingerprint density at radius 2 is 1.07 bits per heavy atom. The Hall–Kier alpha value is -3.22. The van der Waals surface area contributed by atoms with E-state index in [-0.39, 0.29) is 29.1 Å². The second-order valence-electron chi connectivity index (χ2n) is 6.96. The molecule has 0 unspecified atom stereocenters. The van der Waals surface area contributed by atoms with E-state index in [1.165, 1.54) is 0 Å². The van der Waals surface area contributed by atoms with Gasteiger partial charge in [-0.05, 0) is 17.7 Å². The first-order valence-electron chi connectivity index (χ1n) is 9.30. The van der Waals surface area contributed by atoms with Gasteiger partial charge in [0.25, 0.3) is 0 Å². The summed E-state index contributed by atoms with van der Waals surface area (Å²) < 4.78 is 0. The van der Waals surface area contributed by atoms with Gasteiger partial charge >= 0.3 is 0 Å². The Labute approximate surface area is 184 Å². The minimum atomic E-state index is -0.140. The van der Waals surface area contributed by atoms with Gasteiger partial charge in [-0.3, -0.25) is 19.7 Å². The summed E-state index contributed by atoms with van der Waals surface area (Å²) in [4.78, 5) is 37.9. The number of quaternary nitrogens is 1. The summed E-state index contributed by atoms with van der Waals surface area (Å²) >= 11 is 0. The van der Waals surface area contributed by atoms with Gasteiger partial charge in [0, 0.05) is 22.3 Å². The highest BCUT2D eigenvalue weighted by Crippen LogP contribution is 2.33. The van der Waals surface area contributed by atoms with E-state index in [4.69, 9.17) is 4.99 Å². The Kier molecular flexibility index (Phi) is 6.82. The number of halogens is 1. The number of carbonyl (C=O) groups is 3. The van der Waals surface area contributed by atoms with Crippen LogP contribution in [-0.4, -0.2) is 24.7 Å². The molecule has 4 rings (SSSR count). The number of rotatable bonds is 6. The fourth-order valence-electron chi connectivity index (χ4n) is 3.57. The third-order valence-electron chi connectivity index (χ3n) is 5.17. The van der Waals surface area contributed by atoms with Crippen LogP contribution in [0, 0.1) is 0 Å². The Morgan fingerprint density at radius 1 is 0.633 bits per heavy atom. The van der Waals surface area contributed by atoms with Crippen molar-refractivity contribution < 1.29 is 36.7 Å². The summed E-state index contributed by atoms with van der Waals surface area (Å²) in [5, 5.41) is 2.12. The van der Waals surface area contributed by atoms with Crippen molar-refractivity contribution in [3.05, 3.63) is 106 Å². The lowest BCUT2D eigenvalue weighted by atomic mass is 9.94. The summed E-state index contributed by atoms with van der Waals surface area (Å²) in [5.74, 6) is 0.858. The number of amidine groups is 1. The minimum absolute atomic E-state index is 0. The molecular weight excluding hydrogens is 444 g/mol. The second-order valence-corrected chi connectivity index (χ2v) is 6.96. The zero-order valence-electron chi connectivity index (χ0n) is 15.9. The molecule has 0 bridgehead atoms. The third kappa shape index (κ3) is 4.35. The van der Waals surface area contributed by atoms with Gasteiger partial charge in [-0.1, -0.05) is 60.7 Å². The Balaban J connectivity index is 0.00000256. The van der Waals surface area contributed by atoms with Crippen LogP contribution in [0.4, 0.5) is 0 Å². The minimum Gasteiger partial charge on any atom is -1.00 e. The van der Waals surface area contributed by atoms with Gasteiger partial charge in [0.1, 0.15) is 30.9 Å². The summed E-state index contributed by atoms with van der Waals surface area (Å²) in [6.45, 7) is 0. The predicted molar refractivity (Wildman–Crippen MR) is 109 cm³/mol. The zero-order chi connectivity index (χ0) is 20.2. The van der Waals surface area contributed by atoms with Crippen LogP contribution < -0.4 is 22.3 Å². The average molecular weight is 463 g/mol. The van der Waals surface area contributed by atoms with Crippen LogP contribution in [0.15, 0.2) is 77.8 Å². The molecule has 150 valence electrons. The van der Waals surface area contributed by atoms with Crippen molar-refractivity contribution in [2.45, 2.75) is 12.1 Å². The number of nitrogens with zero attached hydrogens (tertiary/aromatic N) is 1. The molecular formula is C24H19BrN2O3. The molecule has 6 heteroatoms. The number of aldehydes is 3. The Bertz CT molecular complexity index is 1070. The van der Waals surface area contributed by atoms with Crippen LogP contribution in [0.2, 0.25) is 0 Å². The topological polar surface area (TPSA) is 80.2 Å². The van der Waals surface area contributed by atoms with Crippen molar-refractivity contribution in [2.75, 3.05) is 0 Å². The molecule has 0 spiro atoms. The lowest BCUT2D eigenvalue weighted by Crippen LogP contribution is -3.00. The van der Waals surface area contributed by atoms with Crippen LogP contribution in [-0.2, 0) is 0 Å². The molecule has 0 saturated heterocycles. The molecule has 0 amide bonds. The fourth-order valence-corrected chi connectivity index (χ4v) is 3.57. The molecule has 2 atom stereocenters. The molecule has 0 aliphatic carbocycles. The van der Waals surface area contributed by atoms with Crippen molar-refractivity contribution in [1.82, 2.24) is 0 Å². The quantitative estimate of drug-likeness (QED) is 0.520. The monoisotopic (exact) mass is 462 g/mol. The summed E-state index contributed by atoms with van der Waals surface area (Å²) in [7, 11) is 0. The van der Waals surface area contributed by atoms with Gasteiger partial charge in [-0.2, -0.15) is 0 Å². The van der Waals surface area contributed by atoms with Crippen molar-refractivity contribution in [3.8, 4) is 0 Å². The fraction of sp³-hybridized carbons (Fsp3) is 0.0833. The van der Waals surface area contributed by atoms with Gasteiger partial charge < -0.3 is 17.0 Å². The molecule has 30 heavy (non-hydrogen) atoms. The first-order valence-corrected chi connectivity index (χ1v) is 9.30. The first-order chi connectivity index (χ1) is 14.2. The maximum atomic E-state index is 11.0. The molecule has 1 aliphatic rings. The number of carbonyl (C=O) groups excluding carboxylic acids is 3. The van der Waals surface area contributed by atoms with Gasteiger partial charge in [-0.15, -0.1) is 0 Å². The standard InChI is InChI=1S/C24H18N2O3.BrH/c27-13-16-1-7-19(8-2-16)22-23(20-9-3-17(14-28)4-10-20)26-24(25-22)21-11-5-18(15-29)6-12-21;/h1-15,22-23H,(H,25,26);1H/t22-,23+;. The zero-order valence-corrected chi connectivity index (χ0v) is 17.5. The van der Waals surface area contributed by atoms with Crippen LogP contribution in [0.3, 0.4) is 0 Å². The highest BCUT2D eigenvalue weighted by atomic mass is 79.9. The van der Waals surface area contributed by atoms with Crippen molar-refractivity contribution >= 4 is 24.7 Å². The highest BCUT2D eigenvalue weighted by Gasteiger charge is 2.36. The number of hydrogen-bond donors (Lipinski definition) is 1. The first kappa shape index (κ1) is 21.5. The second kappa shape index (κ2) is 9.52. The van der Waals surface area contributed by atoms with Gasteiger partial charge in [-0.25, -0.2) is 4.99 Å². The van der Waals surface area contributed by atoms with Crippen molar-refractivity contribution in [3.63, 3.8) is 0 Å². The van der Waals surface area contributed by atoms with Gasteiger partial charge in [0.2, 0.25) is 5.84 Å². The molecule has 0 aromatic heterocycles. The molecule has 3 aromatic carbocycles. The number of aliphatic imine (C=N–C) groups is 1. The van der Waals surface area contributed by atoms with E-state index in [0.29, 0.717) is 16.7 Å². The van der Waals surface area contributed by atoms with E-state index >= 15 is 0 Å². The molecule has 0 saturated carbocycles. The van der Waals surface area contributed by atoms with E-state index in [2.05, 4.69) is 5.32 Å². The smallest absolute Gasteiger partial charge is 0.228 e. The summed E-state index contributed by atoms with van der Waals surface area (Å²) in [5.41, 5.74) is 4.88. The predicted octanol–water partition coefficient (Wildman–Crippen LogP) is -0.0657. The summed E-state index contributed by atoms with van der Waals surface area (Å²) in [6, 6.07) is 22.1. The van der Waals surface area contributed by atoms with E-state index in [1.807, 2.05) is 36.4 Å². The van der Waals surface area contributed by atoms with Crippen LogP contribution >= 0.6 is 0 Å². The van der Waals surface area contributed by atoms with E-state index in [1.54, 1.807) is 36.4 Å². The highest BCUT2D eigenvalue weighted by molar-refractivity contribution is 5.93. The van der Waals surface area contributed by atoms with Crippen molar-refractivity contribution in [2.24, 2.45) is 4.99 Å². The average Bonchev–Trinajstić information content (AvgIpc) is 3.24. The number of benzene rings is 3. The molecule has 1 heterocycles. The van der Waals surface area contributed by atoms with Gasteiger partial charge in [0.15, 0.2) is 0 Å². The SMILES string of the molecule is O=Cc1ccc(C2=N[C@@H](c3ccc(C=O)cc3)[C@@H](c3ccc(C=O)cc3)[NH2+]2)cc1.[Br-]. The van der Waals surface area contributed by atoms with E-state index in [9.17, 15) is 14.4 Å². The largest absolute Gasteiger partial charge is 1.00 e. The van der Waals surface area contributed by atoms with Crippen LogP contribution in [0.5, 0.6) is 0 Å². The maximum Gasteiger partial charge on any atom is 0.228 e. The number of nitrogens with two attached hydrogens (primary N) is 1. The number of hydrogen-bond acceptors (Lipinski definition) is 4. The normalized spacial score (nSPS) is 17.5. The van der Waals surface area contributed by atoms with E-state index in [0.717, 1.165) is 41.4 Å². The molecule has 1 aliphatic heterocycles. The third-order valence-corrected chi connectivity index (χ3v) is 5.17. The van der Waals surface area contributed by atoms with Crippen molar-refractivity contribution in [1.29, 1.82) is 0 Å². The van der Waals surface area contributed by atoms with Gasteiger partial charge in [0.05, 0.1) is 5.56 Å². The molecule has 3 aromatic rings. The molecule has 2 N–H and O–H groups in total. The molecule has 5 nitrogen and oxygen atoms in total. The Morgan fingerprint density at radius 3 is 1.53 bits per heavy atom. The molecule has 0 radical (unpaired) electrons. The summed E-state index contributed by atoms with van der Waals surface area (Å²) in [6.07, 6.45) is 2.47. The van der Waals surface area contributed by atoms with E-state index < -0.39 is 0 Å². The lowest BCUT2D eigenvalue weighted by Gasteiger charge is -2.16. The lowest BCUT2D eigenvalue weighted by molar-refractivity contribution is -0.580. The maximum absolute atomic E-state index is 11.0. The van der Waals surface area contributed by atoms with Crippen LogP contribution in [0.25, 0.3) is 0 Å².